The molecule has 0 unspecified atom stereocenters. The molecule has 6 heteroatoms. The van der Waals surface area contributed by atoms with E-state index < -0.39 is 0 Å². The Kier molecular flexibility index (Phi) is 7.41. The van der Waals surface area contributed by atoms with Crippen molar-refractivity contribution < 1.29 is 14.3 Å². The summed E-state index contributed by atoms with van der Waals surface area (Å²) < 4.78 is 10.5. The second-order valence-corrected chi connectivity index (χ2v) is 5.91. The smallest absolute Gasteiger partial charge is 0.221 e. The lowest BCUT2D eigenvalue weighted by Gasteiger charge is -2.12. The van der Waals surface area contributed by atoms with E-state index in [1.165, 1.54) is 0 Å². The Bertz CT molecular complexity index is 707. The van der Waals surface area contributed by atoms with Gasteiger partial charge < -0.3 is 20.1 Å². The van der Waals surface area contributed by atoms with E-state index >= 15 is 0 Å². The molecule has 0 bridgehead atoms. The molecule has 0 saturated heterocycles. The maximum Gasteiger partial charge on any atom is 0.221 e. The van der Waals surface area contributed by atoms with Crippen LogP contribution in [0.3, 0.4) is 0 Å². The molecule has 5 nitrogen and oxygen atoms in total. The Balaban J connectivity index is 1.73. The zero-order chi connectivity index (χ0) is 18.1. The van der Waals surface area contributed by atoms with Crippen LogP contribution in [0, 0.1) is 0 Å². The maximum atomic E-state index is 11.9. The summed E-state index contributed by atoms with van der Waals surface area (Å²) in [5.74, 6) is 1.44. The zero-order valence-corrected chi connectivity index (χ0v) is 15.2. The number of nitrogens with one attached hydrogen (secondary N) is 2. The molecule has 0 fully saturated rings. The van der Waals surface area contributed by atoms with E-state index in [0.29, 0.717) is 30.3 Å². The number of amides is 1. The predicted octanol–water partition coefficient (Wildman–Crippen LogP) is 3.52. The summed E-state index contributed by atoms with van der Waals surface area (Å²) in [5.41, 5.74) is 1.90. The molecule has 0 aliphatic rings. The van der Waals surface area contributed by atoms with Gasteiger partial charge in [0.25, 0.3) is 0 Å². The van der Waals surface area contributed by atoms with Crippen LogP contribution in [0.4, 0.5) is 5.69 Å². The Morgan fingerprint density at radius 2 is 1.92 bits per heavy atom. The maximum absolute atomic E-state index is 11.9. The molecule has 2 rings (SSSR count). The van der Waals surface area contributed by atoms with Crippen LogP contribution < -0.4 is 20.1 Å². The number of ether oxygens (including phenoxy) is 2. The minimum Gasteiger partial charge on any atom is -0.497 e. The van der Waals surface area contributed by atoms with Crippen LogP contribution in [0.15, 0.2) is 42.5 Å². The molecule has 134 valence electrons. The van der Waals surface area contributed by atoms with Gasteiger partial charge in [-0.05, 0) is 36.2 Å². The molecule has 0 heterocycles. The number of carbonyl (C=O) groups is 1. The highest BCUT2D eigenvalue weighted by atomic mass is 35.5. The summed E-state index contributed by atoms with van der Waals surface area (Å²) in [7, 11) is 3.22. The fourth-order valence-electron chi connectivity index (χ4n) is 2.39. The molecule has 0 aliphatic heterocycles. The monoisotopic (exact) mass is 362 g/mol. The molecule has 25 heavy (non-hydrogen) atoms. The summed E-state index contributed by atoms with van der Waals surface area (Å²) in [5, 5.41) is 6.82. The highest BCUT2D eigenvalue weighted by Gasteiger charge is 2.06. The average Bonchev–Trinajstić information content (AvgIpc) is 2.61. The molecule has 1 amide bonds. The third-order valence-electron chi connectivity index (χ3n) is 3.70. The highest BCUT2D eigenvalue weighted by Crippen LogP contribution is 2.28. The normalized spacial score (nSPS) is 10.2. The predicted molar refractivity (Wildman–Crippen MR) is 101 cm³/mol. The summed E-state index contributed by atoms with van der Waals surface area (Å²) in [6.07, 6.45) is 1.12. The molecule has 2 aromatic rings. The van der Waals surface area contributed by atoms with E-state index in [-0.39, 0.29) is 5.91 Å². The Morgan fingerprint density at radius 3 is 2.64 bits per heavy atom. The molecule has 0 atom stereocenters. The fourth-order valence-corrected chi connectivity index (χ4v) is 2.60. The average molecular weight is 363 g/mol. The van der Waals surface area contributed by atoms with Crippen LogP contribution in [0.25, 0.3) is 0 Å². The third kappa shape index (κ3) is 6.19. The van der Waals surface area contributed by atoms with Gasteiger partial charge in [0.05, 0.1) is 19.9 Å². The molecule has 2 aromatic carbocycles. The SMILES string of the molecule is COc1ccc(OC)c(NCCC(=O)NCCc2cccc(Cl)c2)c1. The summed E-state index contributed by atoms with van der Waals surface area (Å²) in [6.45, 7) is 1.09. The van der Waals surface area contributed by atoms with Crippen LogP contribution in [-0.2, 0) is 11.2 Å². The molecule has 0 aromatic heterocycles. The van der Waals surface area contributed by atoms with Crippen molar-refractivity contribution in [1.29, 1.82) is 0 Å². The van der Waals surface area contributed by atoms with Crippen molar-refractivity contribution >= 4 is 23.2 Å². The van der Waals surface area contributed by atoms with Crippen molar-refractivity contribution in [1.82, 2.24) is 5.32 Å². The lowest BCUT2D eigenvalue weighted by Crippen LogP contribution is -2.27. The number of hydrogen-bond acceptors (Lipinski definition) is 4. The van der Waals surface area contributed by atoms with Gasteiger partial charge in [0, 0.05) is 30.6 Å². The van der Waals surface area contributed by atoms with Crippen molar-refractivity contribution in [2.75, 3.05) is 32.6 Å². The quantitative estimate of drug-likeness (QED) is 0.716. The molecule has 0 spiro atoms. The summed E-state index contributed by atoms with van der Waals surface area (Å²) >= 11 is 5.94. The van der Waals surface area contributed by atoms with E-state index in [0.717, 1.165) is 23.4 Å². The Morgan fingerprint density at radius 1 is 1.08 bits per heavy atom. The first-order valence-electron chi connectivity index (χ1n) is 8.09. The second-order valence-electron chi connectivity index (χ2n) is 5.47. The number of carbonyl (C=O) groups excluding carboxylic acids is 1. The lowest BCUT2D eigenvalue weighted by atomic mass is 10.1. The van der Waals surface area contributed by atoms with Crippen molar-refractivity contribution in [2.45, 2.75) is 12.8 Å². The highest BCUT2D eigenvalue weighted by molar-refractivity contribution is 6.30. The fraction of sp³-hybridized carbons (Fsp3) is 0.316. The molecular formula is C19H23ClN2O3. The van der Waals surface area contributed by atoms with E-state index in [9.17, 15) is 4.79 Å². The standard InChI is InChI=1S/C19H23ClN2O3/c1-24-16-6-7-18(25-2)17(13-16)21-11-9-19(23)22-10-8-14-4-3-5-15(20)12-14/h3-7,12-13,21H,8-11H2,1-2H3,(H,22,23). The first kappa shape index (κ1) is 18.9. The summed E-state index contributed by atoms with van der Waals surface area (Å²) in [6, 6.07) is 13.1. The molecule has 0 saturated carbocycles. The van der Waals surface area contributed by atoms with Crippen LogP contribution >= 0.6 is 11.6 Å². The van der Waals surface area contributed by atoms with E-state index in [2.05, 4.69) is 10.6 Å². The summed E-state index contributed by atoms with van der Waals surface area (Å²) in [4.78, 5) is 11.9. The number of halogens is 1. The van der Waals surface area contributed by atoms with Gasteiger partial charge in [-0.2, -0.15) is 0 Å². The topological polar surface area (TPSA) is 59.6 Å². The van der Waals surface area contributed by atoms with Crippen LogP contribution in [0.1, 0.15) is 12.0 Å². The minimum atomic E-state index is -0.00334. The molecular weight excluding hydrogens is 340 g/mol. The number of rotatable bonds is 9. The van der Waals surface area contributed by atoms with Gasteiger partial charge >= 0.3 is 0 Å². The van der Waals surface area contributed by atoms with Crippen molar-refractivity contribution in [3.63, 3.8) is 0 Å². The van der Waals surface area contributed by atoms with Gasteiger partial charge in [-0.25, -0.2) is 0 Å². The van der Waals surface area contributed by atoms with E-state index in [1.807, 2.05) is 42.5 Å². The second kappa shape index (κ2) is 9.79. The van der Waals surface area contributed by atoms with Gasteiger partial charge in [0.1, 0.15) is 11.5 Å². The largest absolute Gasteiger partial charge is 0.497 e. The van der Waals surface area contributed by atoms with Crippen LogP contribution in [-0.4, -0.2) is 33.2 Å². The Hall–Kier alpha value is -2.40. The van der Waals surface area contributed by atoms with Crippen LogP contribution in [0.5, 0.6) is 11.5 Å². The molecule has 0 radical (unpaired) electrons. The van der Waals surface area contributed by atoms with Gasteiger partial charge in [-0.15, -0.1) is 0 Å². The first-order valence-corrected chi connectivity index (χ1v) is 8.47. The van der Waals surface area contributed by atoms with Gasteiger partial charge in [-0.3, -0.25) is 4.79 Å². The first-order chi connectivity index (χ1) is 12.1. The van der Waals surface area contributed by atoms with Crippen LogP contribution in [0.2, 0.25) is 5.02 Å². The van der Waals surface area contributed by atoms with Gasteiger partial charge in [0.15, 0.2) is 0 Å². The number of benzene rings is 2. The zero-order valence-electron chi connectivity index (χ0n) is 14.5. The number of methoxy groups -OCH3 is 2. The minimum absolute atomic E-state index is 0.00334. The Labute approximate surface area is 153 Å². The molecule has 2 N–H and O–H groups in total. The van der Waals surface area contributed by atoms with E-state index in [1.54, 1.807) is 14.2 Å². The van der Waals surface area contributed by atoms with Crippen molar-refractivity contribution in [3.05, 3.63) is 53.1 Å². The van der Waals surface area contributed by atoms with E-state index in [4.69, 9.17) is 21.1 Å². The van der Waals surface area contributed by atoms with Crippen molar-refractivity contribution in [2.24, 2.45) is 0 Å². The third-order valence-corrected chi connectivity index (χ3v) is 3.93. The number of anilines is 1. The van der Waals surface area contributed by atoms with Gasteiger partial charge in [-0.1, -0.05) is 23.7 Å². The molecule has 0 aliphatic carbocycles. The van der Waals surface area contributed by atoms with Gasteiger partial charge in [0.2, 0.25) is 5.91 Å². The lowest BCUT2D eigenvalue weighted by molar-refractivity contribution is -0.120. The van der Waals surface area contributed by atoms with Crippen molar-refractivity contribution in [3.8, 4) is 11.5 Å². The number of hydrogen-bond donors (Lipinski definition) is 2.